The first-order valence-corrected chi connectivity index (χ1v) is 13.4. The van der Waals surface area contributed by atoms with Gasteiger partial charge < -0.3 is 0 Å². The maximum atomic E-state index is 4.40. The zero-order valence-electron chi connectivity index (χ0n) is 9.05. The van der Waals surface area contributed by atoms with Gasteiger partial charge in [0.2, 0.25) is 0 Å². The van der Waals surface area contributed by atoms with Gasteiger partial charge >= 0.3 is 89.8 Å². The Morgan fingerprint density at radius 3 is 2.08 bits per heavy atom. The van der Waals surface area contributed by atoms with Crippen LogP contribution in [0.1, 0.15) is 25.8 Å². The third-order valence-corrected chi connectivity index (χ3v) is 22.6. The van der Waals surface area contributed by atoms with E-state index in [-0.39, 0.29) is 0 Å². The fraction of sp³-hybridized carbons (Fsp3) is 0.700. The van der Waals surface area contributed by atoms with Crippen LogP contribution in [-0.2, 0) is 0 Å². The molecule has 0 aliphatic rings. The molecule has 1 aromatic rings. The van der Waals surface area contributed by atoms with Crippen molar-refractivity contribution in [2.45, 2.75) is 41.0 Å². The van der Waals surface area contributed by atoms with E-state index in [4.69, 9.17) is 0 Å². The van der Waals surface area contributed by atoms with Crippen molar-refractivity contribution in [3.8, 4) is 0 Å². The number of nitrogens with zero attached hydrogens (tertiary/aromatic N) is 1. The second-order valence-electron chi connectivity index (χ2n) is 3.58. The molecule has 0 atom stereocenters. The van der Waals surface area contributed by atoms with Crippen LogP contribution in [0, 0.1) is 6.92 Å². The van der Waals surface area contributed by atoms with Crippen molar-refractivity contribution in [1.29, 1.82) is 0 Å². The molecule has 0 unspecified atom stereocenters. The third kappa shape index (κ3) is 2.27. The van der Waals surface area contributed by atoms with Gasteiger partial charge in [0.05, 0.1) is 0 Å². The molecule has 0 aliphatic heterocycles. The van der Waals surface area contributed by atoms with E-state index in [2.05, 4.69) is 38.9 Å². The summed E-state index contributed by atoms with van der Waals surface area (Å²) in [6, 6.07) is 0. The van der Waals surface area contributed by atoms with E-state index >= 15 is 0 Å². The van der Waals surface area contributed by atoms with Gasteiger partial charge in [-0.2, -0.15) is 0 Å². The van der Waals surface area contributed by atoms with E-state index in [0.717, 1.165) is 0 Å². The number of hydrogen-bond acceptors (Lipinski definition) is 2. The average molecular weight is 304 g/mol. The Kier molecular flexibility index (Phi) is 4.23. The Labute approximate surface area is 89.5 Å². The molecule has 3 heteroatoms. The molecule has 1 rings (SSSR count). The Balaban J connectivity index is 3.00. The summed E-state index contributed by atoms with van der Waals surface area (Å²) in [6.07, 6.45) is 2.16. The van der Waals surface area contributed by atoms with E-state index in [1.165, 1.54) is 18.3 Å². The first-order valence-electron chi connectivity index (χ1n) is 5.11. The van der Waals surface area contributed by atoms with Crippen LogP contribution >= 0.6 is 11.3 Å². The van der Waals surface area contributed by atoms with Crippen LogP contribution in [0.4, 0.5) is 0 Å². The number of aromatic nitrogens is 1. The van der Waals surface area contributed by atoms with Crippen molar-refractivity contribution in [2.75, 3.05) is 0 Å². The zero-order valence-corrected chi connectivity index (χ0v) is 12.7. The maximum absolute atomic E-state index is 4.40. The molecule has 0 bridgehead atoms. The van der Waals surface area contributed by atoms with Gasteiger partial charge in [0.1, 0.15) is 0 Å². The van der Waals surface area contributed by atoms with Gasteiger partial charge in [-0.1, -0.05) is 0 Å². The molecule has 1 aromatic heterocycles. The van der Waals surface area contributed by atoms with Gasteiger partial charge in [0.25, 0.3) is 0 Å². The van der Waals surface area contributed by atoms with Crippen LogP contribution in [0.2, 0.25) is 13.3 Å². The fourth-order valence-electron chi connectivity index (χ4n) is 1.88. The Morgan fingerprint density at radius 2 is 1.77 bits per heavy atom. The van der Waals surface area contributed by atoms with E-state index in [1.807, 2.05) is 11.3 Å². The van der Waals surface area contributed by atoms with Gasteiger partial charge in [-0.15, -0.1) is 0 Å². The van der Waals surface area contributed by atoms with Gasteiger partial charge in [0, 0.05) is 0 Å². The average Bonchev–Trinajstić information content (AvgIpc) is 2.57. The molecule has 0 N–H and O–H groups in total. The normalized spacial score (nSPS) is 12.0. The van der Waals surface area contributed by atoms with Crippen LogP contribution in [0.15, 0.2) is 6.20 Å². The van der Waals surface area contributed by atoms with Crippen molar-refractivity contribution in [1.82, 2.24) is 4.98 Å². The summed E-state index contributed by atoms with van der Waals surface area (Å²) in [5, 5.41) is 1.24. The molecule has 0 saturated heterocycles. The molecular formula is C10H19NSSn. The standard InChI is InChI=1S/C4H4NS.3C2H5.Sn/c1-4-5-2-3-6-4;3*1-2;/h2H,1H3;3*1H2,2H3;. The van der Waals surface area contributed by atoms with Crippen LogP contribution in [0.5, 0.6) is 0 Å². The summed E-state index contributed by atoms with van der Waals surface area (Å²) >= 11 is 0.0601. The first-order chi connectivity index (χ1) is 6.18. The second-order valence-corrected chi connectivity index (χ2v) is 20.8. The predicted octanol–water partition coefficient (Wildman–Crippen LogP) is 3.17. The first kappa shape index (κ1) is 11.5. The summed E-state index contributed by atoms with van der Waals surface area (Å²) in [5.41, 5.74) is 0. The summed E-state index contributed by atoms with van der Waals surface area (Å²) in [4.78, 5) is 4.40. The molecular weight excluding hydrogens is 285 g/mol. The van der Waals surface area contributed by atoms with E-state index in [0.29, 0.717) is 0 Å². The van der Waals surface area contributed by atoms with Crippen LogP contribution < -0.4 is 2.89 Å². The quantitative estimate of drug-likeness (QED) is 0.779. The Morgan fingerprint density at radius 1 is 1.23 bits per heavy atom. The van der Waals surface area contributed by atoms with Crippen molar-refractivity contribution < 1.29 is 0 Å². The number of thiazole rings is 1. The zero-order chi connectivity index (χ0) is 9.90. The number of rotatable bonds is 4. The topological polar surface area (TPSA) is 12.9 Å². The van der Waals surface area contributed by atoms with Gasteiger partial charge in [-0.25, -0.2) is 0 Å². The molecule has 74 valence electrons. The number of aryl methyl sites for hydroxylation is 1. The Bertz CT molecular complexity index is 257. The molecule has 13 heavy (non-hydrogen) atoms. The molecule has 0 radical (unpaired) electrons. The molecule has 0 fully saturated rings. The van der Waals surface area contributed by atoms with Crippen molar-refractivity contribution in [2.24, 2.45) is 0 Å². The van der Waals surface area contributed by atoms with Crippen molar-refractivity contribution in [3.63, 3.8) is 0 Å². The molecule has 0 spiro atoms. The second kappa shape index (κ2) is 4.78. The van der Waals surface area contributed by atoms with Gasteiger partial charge in [-0.3, -0.25) is 0 Å². The molecule has 0 saturated carbocycles. The van der Waals surface area contributed by atoms with Gasteiger partial charge in [0.15, 0.2) is 0 Å². The summed E-state index contributed by atoms with van der Waals surface area (Å²) in [5.74, 6) is 0. The number of hydrogen-bond donors (Lipinski definition) is 0. The molecule has 0 amide bonds. The fourth-order valence-corrected chi connectivity index (χ4v) is 16.9. The third-order valence-electron chi connectivity index (χ3n) is 3.17. The molecule has 1 nitrogen and oxygen atoms in total. The SMILES string of the molecule is C[CH2][Sn]([CH2]C)([CH2]C)[c]1cnc(C)s1. The van der Waals surface area contributed by atoms with Crippen molar-refractivity contribution in [3.05, 3.63) is 11.2 Å². The summed E-state index contributed by atoms with van der Waals surface area (Å²) in [7, 11) is 0. The monoisotopic (exact) mass is 305 g/mol. The van der Waals surface area contributed by atoms with E-state index in [1.54, 1.807) is 2.89 Å². The summed E-state index contributed by atoms with van der Waals surface area (Å²) < 4.78 is 5.98. The van der Waals surface area contributed by atoms with Crippen LogP contribution in [0.25, 0.3) is 0 Å². The van der Waals surface area contributed by atoms with Crippen LogP contribution in [-0.4, -0.2) is 23.4 Å². The molecule has 0 aromatic carbocycles. The minimum absolute atomic E-state index is 1.24. The van der Waals surface area contributed by atoms with Gasteiger partial charge in [-0.05, 0) is 0 Å². The molecule has 0 aliphatic carbocycles. The summed E-state index contributed by atoms with van der Waals surface area (Å²) in [6.45, 7) is 9.24. The van der Waals surface area contributed by atoms with E-state index in [9.17, 15) is 0 Å². The minimum atomic E-state index is -1.89. The van der Waals surface area contributed by atoms with E-state index < -0.39 is 18.4 Å². The van der Waals surface area contributed by atoms with Crippen LogP contribution in [0.3, 0.4) is 0 Å². The predicted molar refractivity (Wildman–Crippen MR) is 63.7 cm³/mol. The molecule has 1 heterocycles. The Hall–Kier alpha value is 0.429. The van der Waals surface area contributed by atoms with Crippen molar-refractivity contribution >= 4 is 32.6 Å².